The second-order valence-electron chi connectivity index (χ2n) is 7.48. The molecule has 0 aliphatic heterocycles. The summed E-state index contributed by atoms with van der Waals surface area (Å²) in [5.74, 6) is 1.76. The van der Waals surface area contributed by atoms with Gasteiger partial charge in [-0.05, 0) is 42.1 Å². The molecule has 24 heavy (non-hydrogen) atoms. The Morgan fingerprint density at radius 3 is 2.75 bits per heavy atom. The number of carbonyl (C=O) groups excluding carboxylic acids is 1. The van der Waals surface area contributed by atoms with Crippen molar-refractivity contribution in [1.29, 1.82) is 0 Å². The van der Waals surface area contributed by atoms with Gasteiger partial charge < -0.3 is 9.47 Å². The van der Waals surface area contributed by atoms with E-state index >= 15 is 0 Å². The van der Waals surface area contributed by atoms with Gasteiger partial charge in [0.25, 0.3) is 0 Å². The third kappa shape index (κ3) is 4.07. The van der Waals surface area contributed by atoms with Gasteiger partial charge in [0, 0.05) is 0 Å². The topological polar surface area (TPSA) is 35.5 Å². The minimum atomic E-state index is -0.0134. The predicted molar refractivity (Wildman–Crippen MR) is 94.2 cm³/mol. The Bertz CT molecular complexity index is 564. The van der Waals surface area contributed by atoms with Gasteiger partial charge in [0.15, 0.2) is 0 Å². The average molecular weight is 328 g/mol. The first-order chi connectivity index (χ1) is 11.6. The summed E-state index contributed by atoms with van der Waals surface area (Å²) in [6, 6.07) is 10.2. The number of fused-ring (bicyclic) bond motifs is 2. The van der Waals surface area contributed by atoms with Crippen LogP contribution in [0.2, 0.25) is 0 Å². The molecule has 0 aromatic heterocycles. The predicted octanol–water partition coefficient (Wildman–Crippen LogP) is 4.23. The van der Waals surface area contributed by atoms with Crippen LogP contribution in [0.1, 0.15) is 32.3 Å². The van der Waals surface area contributed by atoms with Crippen molar-refractivity contribution in [3.63, 3.8) is 0 Å². The summed E-state index contributed by atoms with van der Waals surface area (Å²) in [7, 11) is 0. The zero-order valence-electron chi connectivity index (χ0n) is 14.7. The van der Waals surface area contributed by atoms with Crippen molar-refractivity contribution in [2.24, 2.45) is 29.6 Å². The highest BCUT2D eigenvalue weighted by Crippen LogP contribution is 2.48. The number of ether oxygens (including phenoxy) is 2. The lowest BCUT2D eigenvalue weighted by molar-refractivity contribution is -0.150. The number of allylic oxidation sites excluding steroid dienone is 2. The van der Waals surface area contributed by atoms with Crippen LogP contribution in [0.15, 0.2) is 42.5 Å². The zero-order chi connectivity index (χ0) is 16.9. The highest BCUT2D eigenvalue weighted by molar-refractivity contribution is 5.74. The summed E-state index contributed by atoms with van der Waals surface area (Å²) in [5.41, 5.74) is 1.19. The van der Waals surface area contributed by atoms with Gasteiger partial charge in [-0.15, -0.1) is 0 Å². The molecular weight excluding hydrogens is 300 g/mol. The zero-order valence-corrected chi connectivity index (χ0v) is 14.7. The quantitative estimate of drug-likeness (QED) is 0.529. The van der Waals surface area contributed by atoms with Crippen molar-refractivity contribution in [3.8, 4) is 0 Å². The number of benzene rings is 1. The molecule has 2 aliphatic carbocycles. The van der Waals surface area contributed by atoms with Crippen molar-refractivity contribution in [2.75, 3.05) is 13.2 Å². The average Bonchev–Trinajstić information content (AvgIpc) is 3.12. The number of esters is 1. The largest absolute Gasteiger partial charge is 0.465 e. The molecule has 0 N–H and O–H groups in total. The Balaban J connectivity index is 1.46. The SMILES string of the molecule is CC(C)CCOC(=O)[C@H]1CC2C=CC1C2COCc1ccccc1. The molecule has 3 heteroatoms. The monoisotopic (exact) mass is 328 g/mol. The maximum absolute atomic E-state index is 12.4. The van der Waals surface area contributed by atoms with E-state index in [0.717, 1.165) is 12.8 Å². The van der Waals surface area contributed by atoms with Gasteiger partial charge >= 0.3 is 5.97 Å². The minimum absolute atomic E-state index is 0.0134. The molecule has 1 aromatic rings. The van der Waals surface area contributed by atoms with Crippen LogP contribution in [0.25, 0.3) is 0 Å². The summed E-state index contributed by atoms with van der Waals surface area (Å²) >= 11 is 0. The fourth-order valence-electron chi connectivity index (χ4n) is 3.86. The van der Waals surface area contributed by atoms with Crippen LogP contribution in [-0.2, 0) is 20.9 Å². The van der Waals surface area contributed by atoms with Gasteiger partial charge in [0.1, 0.15) is 0 Å². The second-order valence-corrected chi connectivity index (χ2v) is 7.48. The normalized spacial score (nSPS) is 27.8. The van der Waals surface area contributed by atoms with Gasteiger partial charge in [0.05, 0.1) is 25.7 Å². The van der Waals surface area contributed by atoms with E-state index in [2.05, 4.69) is 38.1 Å². The molecule has 2 bridgehead atoms. The highest BCUT2D eigenvalue weighted by atomic mass is 16.5. The van der Waals surface area contributed by atoms with E-state index in [1.165, 1.54) is 5.56 Å². The molecule has 2 aliphatic rings. The first-order valence-corrected chi connectivity index (χ1v) is 9.11. The molecule has 0 spiro atoms. The third-order valence-electron chi connectivity index (χ3n) is 5.28. The van der Waals surface area contributed by atoms with Crippen molar-refractivity contribution in [1.82, 2.24) is 0 Å². The van der Waals surface area contributed by atoms with E-state index in [0.29, 0.717) is 37.6 Å². The van der Waals surface area contributed by atoms with E-state index in [-0.39, 0.29) is 17.8 Å². The van der Waals surface area contributed by atoms with E-state index in [1.54, 1.807) is 0 Å². The first kappa shape index (κ1) is 17.2. The first-order valence-electron chi connectivity index (χ1n) is 9.11. The van der Waals surface area contributed by atoms with E-state index in [9.17, 15) is 4.79 Å². The third-order valence-corrected chi connectivity index (χ3v) is 5.28. The Morgan fingerprint density at radius 2 is 2.00 bits per heavy atom. The molecule has 1 fully saturated rings. The molecule has 0 radical (unpaired) electrons. The summed E-state index contributed by atoms with van der Waals surface area (Å²) in [4.78, 5) is 12.4. The Morgan fingerprint density at radius 1 is 1.21 bits per heavy atom. The van der Waals surface area contributed by atoms with Gasteiger partial charge in [0.2, 0.25) is 0 Å². The lowest BCUT2D eigenvalue weighted by Gasteiger charge is -2.19. The van der Waals surface area contributed by atoms with Crippen molar-refractivity contribution >= 4 is 5.97 Å². The standard InChI is InChI=1S/C21H28O3/c1-15(2)10-11-24-21(22)19-12-17-8-9-18(19)20(17)14-23-13-16-6-4-3-5-7-16/h3-9,15,17-20H,10-14H2,1-2H3/t17?,18?,19-,20?/m0/s1. The maximum atomic E-state index is 12.4. The van der Waals surface area contributed by atoms with Crippen LogP contribution in [0.5, 0.6) is 0 Å². The molecule has 0 amide bonds. The van der Waals surface area contributed by atoms with E-state index in [4.69, 9.17) is 9.47 Å². The van der Waals surface area contributed by atoms with Crippen molar-refractivity contribution in [2.45, 2.75) is 33.3 Å². The summed E-state index contributed by atoms with van der Waals surface area (Å²) in [6.45, 7) is 6.19. The van der Waals surface area contributed by atoms with Crippen LogP contribution in [0.3, 0.4) is 0 Å². The number of hydrogen-bond donors (Lipinski definition) is 0. The van der Waals surface area contributed by atoms with Crippen LogP contribution in [0.4, 0.5) is 0 Å². The van der Waals surface area contributed by atoms with Gasteiger partial charge in [-0.2, -0.15) is 0 Å². The van der Waals surface area contributed by atoms with Crippen LogP contribution in [-0.4, -0.2) is 19.2 Å². The van der Waals surface area contributed by atoms with Crippen molar-refractivity contribution < 1.29 is 14.3 Å². The Labute approximate surface area is 145 Å². The number of carbonyl (C=O) groups is 1. The highest BCUT2D eigenvalue weighted by Gasteiger charge is 2.48. The molecule has 3 unspecified atom stereocenters. The molecule has 3 nitrogen and oxygen atoms in total. The molecule has 130 valence electrons. The molecule has 0 saturated heterocycles. The lowest BCUT2D eigenvalue weighted by Crippen LogP contribution is -2.25. The molecule has 3 rings (SSSR count). The molecule has 1 aromatic carbocycles. The van der Waals surface area contributed by atoms with Crippen molar-refractivity contribution in [3.05, 3.63) is 48.0 Å². The fourth-order valence-corrected chi connectivity index (χ4v) is 3.86. The molecular formula is C21H28O3. The fraction of sp³-hybridized carbons (Fsp3) is 0.571. The second kappa shape index (κ2) is 7.98. The van der Waals surface area contributed by atoms with Gasteiger partial charge in [-0.3, -0.25) is 4.79 Å². The van der Waals surface area contributed by atoms with Crippen LogP contribution in [0, 0.1) is 29.6 Å². The van der Waals surface area contributed by atoms with Crippen LogP contribution < -0.4 is 0 Å². The van der Waals surface area contributed by atoms with E-state index < -0.39 is 0 Å². The lowest BCUT2D eigenvalue weighted by atomic mass is 9.91. The Hall–Kier alpha value is -1.61. The number of hydrogen-bond acceptors (Lipinski definition) is 3. The molecule has 1 saturated carbocycles. The molecule has 0 heterocycles. The van der Waals surface area contributed by atoms with Gasteiger partial charge in [-0.25, -0.2) is 0 Å². The Kier molecular flexibility index (Phi) is 5.72. The maximum Gasteiger partial charge on any atom is 0.309 e. The smallest absolute Gasteiger partial charge is 0.309 e. The minimum Gasteiger partial charge on any atom is -0.465 e. The van der Waals surface area contributed by atoms with E-state index in [1.807, 2.05) is 18.2 Å². The van der Waals surface area contributed by atoms with Crippen LogP contribution >= 0.6 is 0 Å². The van der Waals surface area contributed by atoms with Gasteiger partial charge in [-0.1, -0.05) is 56.3 Å². The molecule has 4 atom stereocenters. The summed E-state index contributed by atoms with van der Waals surface area (Å²) in [5, 5.41) is 0. The summed E-state index contributed by atoms with van der Waals surface area (Å²) in [6.07, 6.45) is 6.32. The number of rotatable bonds is 8. The summed E-state index contributed by atoms with van der Waals surface area (Å²) < 4.78 is 11.4.